The maximum atomic E-state index is 6.42. The van der Waals surface area contributed by atoms with Crippen molar-refractivity contribution in [2.75, 3.05) is 13.6 Å². The van der Waals surface area contributed by atoms with Crippen molar-refractivity contribution in [3.63, 3.8) is 0 Å². The molecule has 1 saturated carbocycles. The van der Waals surface area contributed by atoms with E-state index < -0.39 is 0 Å². The summed E-state index contributed by atoms with van der Waals surface area (Å²) in [5, 5.41) is 0. The zero-order chi connectivity index (χ0) is 13.1. The van der Waals surface area contributed by atoms with Gasteiger partial charge in [-0.05, 0) is 51.0 Å². The van der Waals surface area contributed by atoms with Crippen molar-refractivity contribution in [1.29, 1.82) is 0 Å². The van der Waals surface area contributed by atoms with E-state index in [2.05, 4.69) is 39.6 Å². The van der Waals surface area contributed by atoms with Crippen LogP contribution < -0.4 is 5.73 Å². The van der Waals surface area contributed by atoms with Crippen LogP contribution in [0.3, 0.4) is 0 Å². The third-order valence-corrected chi connectivity index (χ3v) is 4.90. The van der Waals surface area contributed by atoms with Crippen LogP contribution in [0.25, 0.3) is 0 Å². The summed E-state index contributed by atoms with van der Waals surface area (Å²) in [5.74, 6) is 0. The minimum Gasteiger partial charge on any atom is -0.324 e. The second-order valence-electron chi connectivity index (χ2n) is 6.88. The second kappa shape index (κ2) is 5.71. The van der Waals surface area contributed by atoms with Crippen LogP contribution in [0.2, 0.25) is 0 Å². The first-order valence-corrected chi connectivity index (χ1v) is 7.31. The SMILES string of the molecule is CCC(N)(CC)CN(C)C1CCC(C)(C)CC1. The number of hydrogen-bond donors (Lipinski definition) is 1. The summed E-state index contributed by atoms with van der Waals surface area (Å²) in [4.78, 5) is 2.52. The number of nitrogens with two attached hydrogens (primary N) is 1. The highest BCUT2D eigenvalue weighted by atomic mass is 15.1. The van der Waals surface area contributed by atoms with Crippen molar-refractivity contribution in [3.8, 4) is 0 Å². The molecule has 0 aromatic carbocycles. The second-order valence-corrected chi connectivity index (χ2v) is 6.88. The van der Waals surface area contributed by atoms with E-state index in [1.807, 2.05) is 0 Å². The van der Waals surface area contributed by atoms with Crippen molar-refractivity contribution >= 4 is 0 Å². The average Bonchev–Trinajstić information content (AvgIpc) is 2.28. The van der Waals surface area contributed by atoms with E-state index in [9.17, 15) is 0 Å². The Morgan fingerprint density at radius 3 is 2.06 bits per heavy atom. The first-order chi connectivity index (χ1) is 7.82. The zero-order valence-electron chi connectivity index (χ0n) is 12.6. The molecule has 0 aliphatic heterocycles. The van der Waals surface area contributed by atoms with Gasteiger partial charge < -0.3 is 10.6 Å². The summed E-state index contributed by atoms with van der Waals surface area (Å²) in [5.41, 5.74) is 6.99. The molecule has 0 spiro atoms. The van der Waals surface area contributed by atoms with Crippen LogP contribution in [0, 0.1) is 5.41 Å². The van der Waals surface area contributed by atoms with E-state index in [1.165, 1.54) is 25.7 Å². The molecule has 0 saturated heterocycles. The normalized spacial score (nSPS) is 22.1. The highest BCUT2D eigenvalue weighted by molar-refractivity contribution is 4.89. The van der Waals surface area contributed by atoms with E-state index in [1.54, 1.807) is 0 Å². The van der Waals surface area contributed by atoms with E-state index in [4.69, 9.17) is 5.73 Å². The van der Waals surface area contributed by atoms with Crippen molar-refractivity contribution < 1.29 is 0 Å². The first kappa shape index (κ1) is 15.0. The molecule has 1 rings (SSSR count). The van der Waals surface area contributed by atoms with Gasteiger partial charge in [0.25, 0.3) is 0 Å². The number of rotatable bonds is 5. The maximum Gasteiger partial charge on any atom is 0.0278 e. The minimum absolute atomic E-state index is 0.0156. The number of hydrogen-bond acceptors (Lipinski definition) is 2. The van der Waals surface area contributed by atoms with E-state index in [-0.39, 0.29) is 5.54 Å². The Hall–Kier alpha value is -0.0800. The molecule has 102 valence electrons. The lowest BCUT2D eigenvalue weighted by Gasteiger charge is -2.41. The maximum absolute atomic E-state index is 6.42. The Morgan fingerprint density at radius 2 is 1.65 bits per heavy atom. The fraction of sp³-hybridized carbons (Fsp3) is 1.00. The molecule has 0 bridgehead atoms. The van der Waals surface area contributed by atoms with Gasteiger partial charge in [0.05, 0.1) is 0 Å². The van der Waals surface area contributed by atoms with Gasteiger partial charge in [-0.25, -0.2) is 0 Å². The van der Waals surface area contributed by atoms with Crippen molar-refractivity contribution in [2.45, 2.75) is 77.8 Å². The third kappa shape index (κ3) is 4.26. The molecular formula is C15H32N2. The molecule has 1 aliphatic rings. The molecule has 0 atom stereocenters. The lowest BCUT2D eigenvalue weighted by atomic mass is 9.75. The molecule has 2 nitrogen and oxygen atoms in total. The van der Waals surface area contributed by atoms with Gasteiger partial charge in [0.2, 0.25) is 0 Å². The smallest absolute Gasteiger partial charge is 0.0278 e. The summed E-state index contributed by atoms with van der Waals surface area (Å²) in [6, 6.07) is 0.754. The van der Waals surface area contributed by atoms with E-state index in [0.29, 0.717) is 5.41 Å². The molecule has 17 heavy (non-hydrogen) atoms. The Bertz CT molecular complexity index is 221. The van der Waals surface area contributed by atoms with Crippen LogP contribution in [0.4, 0.5) is 0 Å². The van der Waals surface area contributed by atoms with Crippen LogP contribution in [0.15, 0.2) is 0 Å². The molecular weight excluding hydrogens is 208 g/mol. The van der Waals surface area contributed by atoms with Crippen molar-refractivity contribution in [1.82, 2.24) is 4.90 Å². The molecule has 1 aliphatic carbocycles. The highest BCUT2D eigenvalue weighted by Gasteiger charge is 2.31. The summed E-state index contributed by atoms with van der Waals surface area (Å²) in [6.45, 7) is 10.3. The van der Waals surface area contributed by atoms with Crippen LogP contribution in [-0.4, -0.2) is 30.1 Å². The molecule has 0 unspecified atom stereocenters. The fourth-order valence-corrected chi connectivity index (χ4v) is 2.92. The first-order valence-electron chi connectivity index (χ1n) is 7.31. The Labute approximate surface area is 108 Å². The number of nitrogens with zero attached hydrogens (tertiary/aromatic N) is 1. The molecule has 0 aromatic heterocycles. The summed E-state index contributed by atoms with van der Waals surface area (Å²) in [6.07, 6.45) is 7.55. The standard InChI is InChI=1S/C15H32N2/c1-6-15(16,7-2)12-17(5)13-8-10-14(3,4)11-9-13/h13H,6-12,16H2,1-5H3. The van der Waals surface area contributed by atoms with Gasteiger partial charge in [0, 0.05) is 18.1 Å². The highest BCUT2D eigenvalue weighted by Crippen LogP contribution is 2.36. The van der Waals surface area contributed by atoms with Crippen molar-refractivity contribution in [2.24, 2.45) is 11.1 Å². The van der Waals surface area contributed by atoms with Gasteiger partial charge in [-0.2, -0.15) is 0 Å². The monoisotopic (exact) mass is 240 g/mol. The van der Waals surface area contributed by atoms with Crippen molar-refractivity contribution in [3.05, 3.63) is 0 Å². The summed E-state index contributed by atoms with van der Waals surface area (Å²) in [7, 11) is 2.26. The lowest BCUT2D eigenvalue weighted by Crippen LogP contribution is -2.51. The van der Waals surface area contributed by atoms with Gasteiger partial charge in [-0.3, -0.25) is 0 Å². The topological polar surface area (TPSA) is 29.3 Å². The molecule has 2 heteroatoms. The van der Waals surface area contributed by atoms with E-state index in [0.717, 1.165) is 25.4 Å². The van der Waals surface area contributed by atoms with Crippen LogP contribution in [0.1, 0.15) is 66.2 Å². The number of likely N-dealkylation sites (N-methyl/N-ethyl adjacent to an activating group) is 1. The Kier molecular flexibility index (Phi) is 5.03. The molecule has 0 aromatic rings. The van der Waals surface area contributed by atoms with Crippen LogP contribution in [-0.2, 0) is 0 Å². The van der Waals surface area contributed by atoms with Gasteiger partial charge in [-0.1, -0.05) is 27.7 Å². The quantitative estimate of drug-likeness (QED) is 0.798. The largest absolute Gasteiger partial charge is 0.324 e. The molecule has 1 fully saturated rings. The summed E-state index contributed by atoms with van der Waals surface area (Å²) >= 11 is 0. The lowest BCUT2D eigenvalue weighted by molar-refractivity contribution is 0.105. The molecule has 0 heterocycles. The third-order valence-electron chi connectivity index (χ3n) is 4.90. The van der Waals surface area contributed by atoms with Crippen LogP contribution >= 0.6 is 0 Å². The predicted molar refractivity (Wildman–Crippen MR) is 76.2 cm³/mol. The molecule has 0 amide bonds. The van der Waals surface area contributed by atoms with Crippen LogP contribution in [0.5, 0.6) is 0 Å². The fourth-order valence-electron chi connectivity index (χ4n) is 2.92. The summed E-state index contributed by atoms with van der Waals surface area (Å²) < 4.78 is 0. The van der Waals surface area contributed by atoms with Gasteiger partial charge in [-0.15, -0.1) is 0 Å². The van der Waals surface area contributed by atoms with Gasteiger partial charge >= 0.3 is 0 Å². The Balaban J connectivity index is 2.46. The molecule has 2 N–H and O–H groups in total. The zero-order valence-corrected chi connectivity index (χ0v) is 12.6. The predicted octanol–water partition coefficient (Wildman–Crippen LogP) is 3.40. The van der Waals surface area contributed by atoms with Gasteiger partial charge in [0.15, 0.2) is 0 Å². The Morgan fingerprint density at radius 1 is 1.18 bits per heavy atom. The minimum atomic E-state index is 0.0156. The average molecular weight is 240 g/mol. The van der Waals surface area contributed by atoms with Gasteiger partial charge in [0.1, 0.15) is 0 Å². The van der Waals surface area contributed by atoms with E-state index >= 15 is 0 Å². The molecule has 0 radical (unpaired) electrons.